The number of guanidine groups is 1. The predicted molar refractivity (Wildman–Crippen MR) is 98.4 cm³/mol. The molecule has 3 rings (SSSR count). The SMILES string of the molecule is CCNC(=NCc1ccc(-n2cccn2)cc1)NCc1ccnn1C. The maximum atomic E-state index is 4.65. The first-order valence-electron chi connectivity index (χ1n) is 8.34. The summed E-state index contributed by atoms with van der Waals surface area (Å²) in [7, 11) is 1.93. The van der Waals surface area contributed by atoms with Crippen LogP contribution in [0.3, 0.4) is 0 Å². The molecule has 0 fully saturated rings. The van der Waals surface area contributed by atoms with E-state index in [1.807, 2.05) is 46.9 Å². The van der Waals surface area contributed by atoms with Crippen LogP contribution in [0.5, 0.6) is 0 Å². The highest BCUT2D eigenvalue weighted by Gasteiger charge is 2.02. The molecule has 0 aliphatic carbocycles. The van der Waals surface area contributed by atoms with Crippen LogP contribution in [0.25, 0.3) is 5.69 Å². The summed E-state index contributed by atoms with van der Waals surface area (Å²) in [6.45, 7) is 4.16. The van der Waals surface area contributed by atoms with E-state index in [0.717, 1.165) is 29.4 Å². The van der Waals surface area contributed by atoms with E-state index in [4.69, 9.17) is 0 Å². The Morgan fingerprint density at radius 2 is 1.92 bits per heavy atom. The van der Waals surface area contributed by atoms with Crippen molar-refractivity contribution in [1.82, 2.24) is 30.2 Å². The van der Waals surface area contributed by atoms with Crippen molar-refractivity contribution in [2.24, 2.45) is 12.0 Å². The molecule has 130 valence electrons. The fourth-order valence-electron chi connectivity index (χ4n) is 2.44. The lowest BCUT2D eigenvalue weighted by Gasteiger charge is -2.11. The van der Waals surface area contributed by atoms with Crippen molar-refractivity contribution in [2.75, 3.05) is 6.54 Å². The highest BCUT2D eigenvalue weighted by atomic mass is 15.3. The molecule has 0 atom stereocenters. The lowest BCUT2D eigenvalue weighted by atomic mass is 10.2. The lowest BCUT2D eigenvalue weighted by molar-refractivity contribution is 0.685. The maximum Gasteiger partial charge on any atom is 0.191 e. The Kier molecular flexibility index (Phi) is 5.46. The van der Waals surface area contributed by atoms with Crippen LogP contribution in [-0.2, 0) is 20.1 Å². The van der Waals surface area contributed by atoms with E-state index in [9.17, 15) is 0 Å². The Labute approximate surface area is 147 Å². The van der Waals surface area contributed by atoms with Crippen molar-refractivity contribution in [1.29, 1.82) is 0 Å². The average molecular weight is 337 g/mol. The summed E-state index contributed by atoms with van der Waals surface area (Å²) < 4.78 is 3.69. The molecule has 2 N–H and O–H groups in total. The minimum atomic E-state index is 0.611. The van der Waals surface area contributed by atoms with Crippen LogP contribution in [0, 0.1) is 0 Å². The second-order valence-corrected chi connectivity index (χ2v) is 5.61. The van der Waals surface area contributed by atoms with E-state index in [1.54, 1.807) is 12.4 Å². The largest absolute Gasteiger partial charge is 0.357 e. The lowest BCUT2D eigenvalue weighted by Crippen LogP contribution is -2.37. The number of aliphatic imine (C=N–C) groups is 1. The molecular weight excluding hydrogens is 314 g/mol. The van der Waals surface area contributed by atoms with Crippen molar-refractivity contribution < 1.29 is 0 Å². The van der Waals surface area contributed by atoms with Crippen LogP contribution < -0.4 is 10.6 Å². The number of nitrogens with zero attached hydrogens (tertiary/aromatic N) is 5. The second kappa shape index (κ2) is 8.14. The van der Waals surface area contributed by atoms with Crippen LogP contribution in [0.2, 0.25) is 0 Å². The van der Waals surface area contributed by atoms with E-state index in [0.29, 0.717) is 13.1 Å². The summed E-state index contributed by atoms with van der Waals surface area (Å²) in [5, 5.41) is 15.0. The number of aromatic nitrogens is 4. The third kappa shape index (κ3) is 4.47. The summed E-state index contributed by atoms with van der Waals surface area (Å²) in [5.74, 6) is 0.792. The highest BCUT2D eigenvalue weighted by molar-refractivity contribution is 5.79. The number of benzene rings is 1. The first-order valence-corrected chi connectivity index (χ1v) is 8.34. The van der Waals surface area contributed by atoms with Gasteiger partial charge in [-0.25, -0.2) is 9.67 Å². The molecule has 7 nitrogen and oxygen atoms in total. The topological polar surface area (TPSA) is 72.1 Å². The summed E-state index contributed by atoms with van der Waals surface area (Å²) in [6.07, 6.45) is 5.50. The highest BCUT2D eigenvalue weighted by Crippen LogP contribution is 2.09. The molecule has 3 aromatic rings. The molecule has 0 aliphatic rings. The molecule has 7 heteroatoms. The number of aryl methyl sites for hydroxylation is 1. The van der Waals surface area contributed by atoms with E-state index >= 15 is 0 Å². The van der Waals surface area contributed by atoms with Gasteiger partial charge >= 0.3 is 0 Å². The second-order valence-electron chi connectivity index (χ2n) is 5.61. The van der Waals surface area contributed by atoms with Gasteiger partial charge < -0.3 is 10.6 Å². The summed E-state index contributed by atoms with van der Waals surface area (Å²) in [4.78, 5) is 4.65. The number of hydrogen-bond donors (Lipinski definition) is 2. The maximum absolute atomic E-state index is 4.65. The van der Waals surface area contributed by atoms with Crippen molar-refractivity contribution >= 4 is 5.96 Å². The number of rotatable bonds is 6. The van der Waals surface area contributed by atoms with Crippen molar-refractivity contribution in [2.45, 2.75) is 20.0 Å². The molecule has 0 spiro atoms. The Balaban J connectivity index is 1.61. The van der Waals surface area contributed by atoms with Gasteiger partial charge in [0.25, 0.3) is 0 Å². The molecule has 0 bridgehead atoms. The van der Waals surface area contributed by atoms with Gasteiger partial charge in [0.1, 0.15) is 0 Å². The molecule has 25 heavy (non-hydrogen) atoms. The average Bonchev–Trinajstić information content (AvgIpc) is 3.30. The van der Waals surface area contributed by atoms with E-state index in [2.05, 4.69) is 44.9 Å². The van der Waals surface area contributed by atoms with Crippen molar-refractivity contribution in [3.63, 3.8) is 0 Å². The first-order chi connectivity index (χ1) is 12.3. The molecule has 0 saturated heterocycles. The van der Waals surface area contributed by atoms with Gasteiger partial charge in [-0.1, -0.05) is 12.1 Å². The van der Waals surface area contributed by atoms with Gasteiger partial charge in [-0.2, -0.15) is 10.2 Å². The minimum Gasteiger partial charge on any atom is -0.357 e. The molecule has 0 aliphatic heterocycles. The van der Waals surface area contributed by atoms with Crippen LogP contribution in [0.1, 0.15) is 18.2 Å². The molecule has 0 radical (unpaired) electrons. The zero-order valence-corrected chi connectivity index (χ0v) is 14.6. The number of nitrogens with one attached hydrogen (secondary N) is 2. The van der Waals surface area contributed by atoms with Gasteiger partial charge in [-0.05, 0) is 36.8 Å². The normalized spacial score (nSPS) is 11.5. The zero-order chi connectivity index (χ0) is 17.5. The van der Waals surface area contributed by atoms with E-state index in [1.165, 1.54) is 0 Å². The fraction of sp³-hybridized carbons (Fsp3) is 0.278. The smallest absolute Gasteiger partial charge is 0.191 e. The molecule has 0 amide bonds. The molecule has 1 aromatic carbocycles. The summed E-state index contributed by atoms with van der Waals surface area (Å²) >= 11 is 0. The van der Waals surface area contributed by atoms with Crippen LogP contribution in [0.15, 0.2) is 60.0 Å². The Morgan fingerprint density at radius 1 is 1.08 bits per heavy atom. The molecule has 2 heterocycles. The van der Waals surface area contributed by atoms with Gasteiger partial charge in [0.15, 0.2) is 5.96 Å². The van der Waals surface area contributed by atoms with Gasteiger partial charge in [-0.15, -0.1) is 0 Å². The third-order valence-corrected chi connectivity index (χ3v) is 3.83. The fourth-order valence-corrected chi connectivity index (χ4v) is 2.44. The van der Waals surface area contributed by atoms with Gasteiger partial charge in [-0.3, -0.25) is 4.68 Å². The molecule has 0 saturated carbocycles. The van der Waals surface area contributed by atoms with E-state index < -0.39 is 0 Å². The first kappa shape index (κ1) is 16.8. The Bertz CT molecular complexity index is 800. The van der Waals surface area contributed by atoms with Crippen LogP contribution in [0.4, 0.5) is 0 Å². The van der Waals surface area contributed by atoms with Crippen molar-refractivity contribution in [3.8, 4) is 5.69 Å². The molecule has 2 aromatic heterocycles. The summed E-state index contributed by atoms with van der Waals surface area (Å²) in [6, 6.07) is 12.2. The Morgan fingerprint density at radius 3 is 2.56 bits per heavy atom. The van der Waals surface area contributed by atoms with Gasteiger partial charge in [0, 0.05) is 32.2 Å². The standard InChI is InChI=1S/C18H23N7/c1-3-19-18(21-14-17-9-11-22-24(17)2)20-13-15-5-7-16(8-6-15)25-12-4-10-23-25/h4-12H,3,13-14H2,1-2H3,(H2,19,20,21). The van der Waals surface area contributed by atoms with Crippen molar-refractivity contribution in [3.05, 3.63) is 66.2 Å². The quantitative estimate of drug-likeness (QED) is 0.532. The monoisotopic (exact) mass is 337 g/mol. The number of hydrogen-bond acceptors (Lipinski definition) is 3. The van der Waals surface area contributed by atoms with Crippen LogP contribution in [-0.4, -0.2) is 32.1 Å². The van der Waals surface area contributed by atoms with Crippen LogP contribution >= 0.6 is 0 Å². The zero-order valence-electron chi connectivity index (χ0n) is 14.6. The van der Waals surface area contributed by atoms with Gasteiger partial charge in [0.05, 0.1) is 24.5 Å². The summed E-state index contributed by atoms with van der Waals surface area (Å²) in [5.41, 5.74) is 3.29. The van der Waals surface area contributed by atoms with Gasteiger partial charge in [0.2, 0.25) is 0 Å². The molecular formula is C18H23N7. The third-order valence-electron chi connectivity index (χ3n) is 3.83. The van der Waals surface area contributed by atoms with E-state index in [-0.39, 0.29) is 0 Å². The molecule has 0 unspecified atom stereocenters. The predicted octanol–water partition coefficient (Wildman–Crippen LogP) is 1.86. The Hall–Kier alpha value is -3.09. The minimum absolute atomic E-state index is 0.611.